The Morgan fingerprint density at radius 1 is 1.12 bits per heavy atom. The van der Waals surface area contributed by atoms with Crippen LogP contribution in [-0.4, -0.2) is 14.8 Å². The highest BCUT2D eigenvalue weighted by molar-refractivity contribution is 6.30. The zero-order valence-corrected chi connectivity index (χ0v) is 14.0. The monoisotopic (exact) mass is 343 g/mol. The highest BCUT2D eigenvalue weighted by Gasteiger charge is 2.12. The summed E-state index contributed by atoms with van der Waals surface area (Å²) < 4.78 is 15.4. The predicted molar refractivity (Wildman–Crippen MR) is 91.7 cm³/mol. The molecule has 122 valence electrons. The molecule has 0 bridgehead atoms. The van der Waals surface area contributed by atoms with E-state index in [-0.39, 0.29) is 17.7 Å². The molecule has 1 aromatic carbocycles. The maximum atomic E-state index is 14.1. The van der Waals surface area contributed by atoms with Crippen LogP contribution < -0.4 is 5.56 Å². The van der Waals surface area contributed by atoms with Crippen LogP contribution in [0.3, 0.4) is 0 Å². The van der Waals surface area contributed by atoms with E-state index in [4.69, 9.17) is 11.6 Å². The van der Waals surface area contributed by atoms with Gasteiger partial charge in [-0.25, -0.2) is 9.67 Å². The number of hydrogen-bond donors (Lipinski definition) is 0. The molecule has 0 N–H and O–H groups in total. The van der Waals surface area contributed by atoms with Crippen molar-refractivity contribution in [1.29, 1.82) is 0 Å². The third-order valence-corrected chi connectivity index (χ3v) is 3.91. The average Bonchev–Trinajstić information content (AvgIpc) is 2.54. The zero-order valence-electron chi connectivity index (χ0n) is 13.3. The van der Waals surface area contributed by atoms with Gasteiger partial charge in [0.15, 0.2) is 0 Å². The number of benzene rings is 1. The highest BCUT2D eigenvalue weighted by atomic mass is 35.5. The number of hydrogen-bond acceptors (Lipinski definition) is 3. The Bertz CT molecular complexity index is 951. The Labute approximate surface area is 143 Å². The Kier molecular flexibility index (Phi) is 4.44. The zero-order chi connectivity index (χ0) is 17.3. The van der Waals surface area contributed by atoms with Crippen LogP contribution in [0.5, 0.6) is 0 Å². The number of nitrogens with zero attached hydrogens (tertiary/aromatic N) is 3. The van der Waals surface area contributed by atoms with Gasteiger partial charge in [-0.3, -0.25) is 4.79 Å². The first kappa shape index (κ1) is 16.3. The molecule has 4 nitrogen and oxygen atoms in total. The summed E-state index contributed by atoms with van der Waals surface area (Å²) in [6.45, 7) is 3.68. The molecule has 0 spiro atoms. The SMILES string of the molecule is Cc1ccc(-c2cc(C)c(=O)n(Cc3ccc(Cl)cc3)n2)c(F)n1. The normalized spacial score (nSPS) is 10.8. The minimum absolute atomic E-state index is 0.214. The summed E-state index contributed by atoms with van der Waals surface area (Å²) in [6.07, 6.45) is 0. The number of rotatable bonds is 3. The molecule has 0 atom stereocenters. The minimum Gasteiger partial charge on any atom is -0.268 e. The Balaban J connectivity index is 2.05. The number of aryl methyl sites for hydroxylation is 2. The molecular weight excluding hydrogens is 329 g/mol. The summed E-state index contributed by atoms with van der Waals surface area (Å²) >= 11 is 5.87. The van der Waals surface area contributed by atoms with Gasteiger partial charge in [-0.1, -0.05) is 23.7 Å². The second-order valence-electron chi connectivity index (χ2n) is 5.59. The van der Waals surface area contributed by atoms with Crippen molar-refractivity contribution in [3.05, 3.63) is 80.6 Å². The van der Waals surface area contributed by atoms with Crippen molar-refractivity contribution >= 4 is 11.6 Å². The lowest BCUT2D eigenvalue weighted by atomic mass is 10.1. The summed E-state index contributed by atoms with van der Waals surface area (Å²) in [4.78, 5) is 16.1. The van der Waals surface area contributed by atoms with Gasteiger partial charge in [-0.2, -0.15) is 9.49 Å². The first-order valence-corrected chi connectivity index (χ1v) is 7.78. The summed E-state index contributed by atoms with van der Waals surface area (Å²) in [5, 5.41) is 4.92. The fraction of sp³-hybridized carbons (Fsp3) is 0.167. The highest BCUT2D eigenvalue weighted by Crippen LogP contribution is 2.20. The summed E-state index contributed by atoms with van der Waals surface area (Å²) in [5.41, 5.74) is 2.40. The van der Waals surface area contributed by atoms with Crippen LogP contribution in [0, 0.1) is 19.8 Å². The average molecular weight is 344 g/mol. The van der Waals surface area contributed by atoms with Crippen LogP contribution in [0.25, 0.3) is 11.3 Å². The fourth-order valence-corrected chi connectivity index (χ4v) is 2.52. The largest absolute Gasteiger partial charge is 0.270 e. The van der Waals surface area contributed by atoms with Crippen molar-refractivity contribution in [1.82, 2.24) is 14.8 Å². The van der Waals surface area contributed by atoms with Gasteiger partial charge in [0.1, 0.15) is 0 Å². The second-order valence-corrected chi connectivity index (χ2v) is 6.03. The van der Waals surface area contributed by atoms with Crippen molar-refractivity contribution in [3.8, 4) is 11.3 Å². The fourth-order valence-electron chi connectivity index (χ4n) is 2.39. The standard InChI is InChI=1S/C18H15ClFN3O/c1-11-9-16(15-8-3-12(2)21-17(15)20)22-23(18(11)24)10-13-4-6-14(19)7-5-13/h3-9H,10H2,1-2H3. The van der Waals surface area contributed by atoms with Gasteiger partial charge >= 0.3 is 0 Å². The van der Waals surface area contributed by atoms with Gasteiger partial charge in [-0.15, -0.1) is 0 Å². The first-order chi connectivity index (χ1) is 11.4. The van der Waals surface area contributed by atoms with Crippen LogP contribution in [0.2, 0.25) is 5.02 Å². The molecule has 24 heavy (non-hydrogen) atoms. The quantitative estimate of drug-likeness (QED) is 0.680. The van der Waals surface area contributed by atoms with Crippen LogP contribution in [0.1, 0.15) is 16.8 Å². The van der Waals surface area contributed by atoms with Crippen molar-refractivity contribution in [2.45, 2.75) is 20.4 Å². The molecule has 0 radical (unpaired) electrons. The van der Waals surface area contributed by atoms with E-state index in [1.165, 1.54) is 4.68 Å². The smallest absolute Gasteiger partial charge is 0.268 e. The van der Waals surface area contributed by atoms with Gasteiger partial charge in [0.05, 0.1) is 17.8 Å². The third kappa shape index (κ3) is 3.36. The molecule has 0 saturated heterocycles. The second kappa shape index (κ2) is 6.53. The topological polar surface area (TPSA) is 47.8 Å². The Hall–Kier alpha value is -2.53. The summed E-state index contributed by atoms with van der Waals surface area (Å²) in [5.74, 6) is -0.599. The van der Waals surface area contributed by atoms with Gasteiger partial charge < -0.3 is 0 Å². The van der Waals surface area contributed by atoms with E-state index in [9.17, 15) is 9.18 Å². The molecule has 3 rings (SSSR count). The van der Waals surface area contributed by atoms with Crippen molar-refractivity contribution in [2.75, 3.05) is 0 Å². The van der Waals surface area contributed by atoms with Gasteiger partial charge in [0.25, 0.3) is 5.56 Å². The maximum Gasteiger partial charge on any atom is 0.270 e. The Morgan fingerprint density at radius 3 is 2.50 bits per heavy atom. The maximum absolute atomic E-state index is 14.1. The molecule has 0 fully saturated rings. The van der Waals surface area contributed by atoms with E-state index in [0.29, 0.717) is 22.0 Å². The molecule has 6 heteroatoms. The van der Waals surface area contributed by atoms with Gasteiger partial charge in [0.2, 0.25) is 5.95 Å². The number of aromatic nitrogens is 3. The molecule has 2 aromatic heterocycles. The molecule has 0 aliphatic carbocycles. The van der Waals surface area contributed by atoms with Crippen LogP contribution >= 0.6 is 11.6 Å². The summed E-state index contributed by atoms with van der Waals surface area (Å²) in [7, 11) is 0. The molecule has 2 heterocycles. The van der Waals surface area contributed by atoms with Crippen molar-refractivity contribution < 1.29 is 4.39 Å². The van der Waals surface area contributed by atoms with Gasteiger partial charge in [0, 0.05) is 16.3 Å². The van der Waals surface area contributed by atoms with E-state index in [1.54, 1.807) is 44.2 Å². The molecule has 0 amide bonds. The van der Waals surface area contributed by atoms with Crippen LogP contribution in [-0.2, 0) is 6.54 Å². The molecule has 0 aliphatic heterocycles. The molecule has 0 unspecified atom stereocenters. The third-order valence-electron chi connectivity index (χ3n) is 3.66. The van der Waals surface area contributed by atoms with E-state index >= 15 is 0 Å². The number of halogens is 2. The van der Waals surface area contributed by atoms with E-state index in [0.717, 1.165) is 5.56 Å². The van der Waals surface area contributed by atoms with Crippen molar-refractivity contribution in [3.63, 3.8) is 0 Å². The first-order valence-electron chi connectivity index (χ1n) is 7.41. The predicted octanol–water partition coefficient (Wildman–Crippen LogP) is 3.76. The lowest BCUT2D eigenvalue weighted by Crippen LogP contribution is -2.26. The van der Waals surface area contributed by atoms with Crippen LogP contribution in [0.15, 0.2) is 47.3 Å². The molecule has 0 saturated carbocycles. The van der Waals surface area contributed by atoms with E-state index in [2.05, 4.69) is 10.1 Å². The molecule has 0 aliphatic rings. The molecule has 3 aromatic rings. The lowest BCUT2D eigenvalue weighted by molar-refractivity contribution is 0.579. The number of pyridine rings is 1. The van der Waals surface area contributed by atoms with Crippen LogP contribution in [0.4, 0.5) is 4.39 Å². The molecular formula is C18H15ClFN3O. The minimum atomic E-state index is -0.599. The summed E-state index contributed by atoms with van der Waals surface area (Å²) in [6, 6.07) is 12.1. The van der Waals surface area contributed by atoms with Crippen molar-refractivity contribution in [2.24, 2.45) is 0 Å². The van der Waals surface area contributed by atoms with Gasteiger partial charge in [-0.05, 0) is 49.7 Å². The van der Waals surface area contributed by atoms with E-state index < -0.39 is 5.95 Å². The van der Waals surface area contributed by atoms with E-state index in [1.807, 2.05) is 12.1 Å². The lowest BCUT2D eigenvalue weighted by Gasteiger charge is -2.10. The Morgan fingerprint density at radius 2 is 1.83 bits per heavy atom.